The molecule has 0 unspecified atom stereocenters. The second-order valence-electron chi connectivity index (χ2n) is 6.24. The zero-order chi connectivity index (χ0) is 20.1. The number of amides is 1. The summed E-state index contributed by atoms with van der Waals surface area (Å²) in [6, 6.07) is 2.36. The molecule has 3 rings (SSSR count). The summed E-state index contributed by atoms with van der Waals surface area (Å²) in [5.74, 6) is -5.37. The normalized spacial score (nSPS) is 13.5. The summed E-state index contributed by atoms with van der Waals surface area (Å²) in [7, 11) is 0.990. The Kier molecular flexibility index (Phi) is 6.17. The van der Waals surface area contributed by atoms with Gasteiger partial charge in [0.1, 0.15) is 0 Å². The first-order valence-corrected chi connectivity index (χ1v) is 8.82. The van der Waals surface area contributed by atoms with E-state index in [0.29, 0.717) is 11.9 Å². The Labute approximate surface area is 159 Å². The number of hydrogen-bond donors (Lipinski definition) is 2. The lowest BCUT2D eigenvalue weighted by Gasteiger charge is -2.17. The van der Waals surface area contributed by atoms with Gasteiger partial charge in [-0.1, -0.05) is 0 Å². The minimum Gasteiger partial charge on any atom is -0.491 e. The number of methoxy groups -OCH3 is 1. The molecule has 0 saturated carbocycles. The van der Waals surface area contributed by atoms with E-state index in [1.807, 2.05) is 6.07 Å². The largest absolute Gasteiger partial charge is 0.491 e. The van der Waals surface area contributed by atoms with Gasteiger partial charge in [0.15, 0.2) is 23.2 Å². The third-order valence-corrected chi connectivity index (χ3v) is 4.39. The number of nitrogens with one attached hydrogen (secondary N) is 2. The van der Waals surface area contributed by atoms with Crippen LogP contribution in [0.2, 0.25) is 0 Å². The molecule has 28 heavy (non-hydrogen) atoms. The lowest BCUT2D eigenvalue weighted by Crippen LogP contribution is -2.30. The van der Waals surface area contributed by atoms with E-state index in [9.17, 15) is 18.0 Å². The molecule has 0 aliphatic carbocycles. The van der Waals surface area contributed by atoms with E-state index in [1.54, 1.807) is 6.20 Å². The van der Waals surface area contributed by atoms with Crippen molar-refractivity contribution in [3.63, 3.8) is 0 Å². The van der Waals surface area contributed by atoms with Gasteiger partial charge in [0.2, 0.25) is 5.82 Å². The number of benzene rings is 1. The fraction of sp³-hybridized carbons (Fsp3) is 0.389. The summed E-state index contributed by atoms with van der Waals surface area (Å²) in [6.45, 7) is 2.34. The van der Waals surface area contributed by atoms with Crippen molar-refractivity contribution < 1.29 is 22.7 Å². The van der Waals surface area contributed by atoms with Gasteiger partial charge < -0.3 is 20.3 Å². The molecule has 0 spiro atoms. The van der Waals surface area contributed by atoms with Crippen LogP contribution in [0.3, 0.4) is 0 Å². The van der Waals surface area contributed by atoms with Gasteiger partial charge in [-0.05, 0) is 18.9 Å². The molecule has 2 heterocycles. The molecule has 150 valence electrons. The number of hydrogen-bond acceptors (Lipinski definition) is 6. The van der Waals surface area contributed by atoms with Crippen molar-refractivity contribution in [1.29, 1.82) is 0 Å². The average Bonchev–Trinajstić information content (AvgIpc) is 3.23. The molecule has 1 aliphatic rings. The van der Waals surface area contributed by atoms with Gasteiger partial charge in [-0.25, -0.2) is 8.78 Å². The fourth-order valence-electron chi connectivity index (χ4n) is 2.98. The molecular weight excluding hydrogens is 375 g/mol. The summed E-state index contributed by atoms with van der Waals surface area (Å²) in [4.78, 5) is 14.3. The Morgan fingerprint density at radius 2 is 1.93 bits per heavy atom. The van der Waals surface area contributed by atoms with E-state index in [0.717, 1.165) is 38.7 Å². The molecule has 0 bridgehead atoms. The first-order valence-electron chi connectivity index (χ1n) is 8.82. The van der Waals surface area contributed by atoms with Gasteiger partial charge in [0.05, 0.1) is 24.6 Å². The summed E-state index contributed by atoms with van der Waals surface area (Å²) < 4.78 is 45.5. The van der Waals surface area contributed by atoms with E-state index in [4.69, 9.17) is 0 Å². The van der Waals surface area contributed by atoms with Gasteiger partial charge in [-0.15, -0.1) is 5.10 Å². The zero-order valence-electron chi connectivity index (χ0n) is 15.3. The van der Waals surface area contributed by atoms with Gasteiger partial charge in [0.25, 0.3) is 5.91 Å². The maximum absolute atomic E-state index is 14.1. The molecule has 1 aliphatic heterocycles. The van der Waals surface area contributed by atoms with Gasteiger partial charge in [0, 0.05) is 32.2 Å². The second-order valence-corrected chi connectivity index (χ2v) is 6.24. The van der Waals surface area contributed by atoms with Crippen LogP contribution in [-0.4, -0.2) is 49.4 Å². The zero-order valence-corrected chi connectivity index (χ0v) is 15.3. The Morgan fingerprint density at radius 3 is 2.64 bits per heavy atom. The van der Waals surface area contributed by atoms with E-state index in [1.165, 1.54) is 0 Å². The lowest BCUT2D eigenvalue weighted by molar-refractivity contribution is 0.0949. The molecule has 1 aromatic heterocycles. The second kappa shape index (κ2) is 8.77. The number of carbonyl (C=O) groups is 1. The predicted molar refractivity (Wildman–Crippen MR) is 97.2 cm³/mol. The molecule has 0 radical (unpaired) electrons. The van der Waals surface area contributed by atoms with E-state index >= 15 is 0 Å². The van der Waals surface area contributed by atoms with Crippen LogP contribution in [-0.2, 0) is 0 Å². The highest BCUT2D eigenvalue weighted by Gasteiger charge is 2.23. The summed E-state index contributed by atoms with van der Waals surface area (Å²) in [6.07, 6.45) is 3.97. The van der Waals surface area contributed by atoms with Crippen LogP contribution in [0.4, 0.5) is 24.7 Å². The Morgan fingerprint density at radius 1 is 1.18 bits per heavy atom. The van der Waals surface area contributed by atoms with Crippen LogP contribution in [0.1, 0.15) is 23.2 Å². The maximum atomic E-state index is 14.1. The predicted octanol–water partition coefficient (Wildman–Crippen LogP) is 2.34. The molecule has 7 nitrogen and oxygen atoms in total. The molecule has 1 fully saturated rings. The minimum absolute atomic E-state index is 0.106. The number of rotatable bonds is 7. The first-order chi connectivity index (χ1) is 13.5. The number of nitrogens with zero attached hydrogens (tertiary/aromatic N) is 3. The van der Waals surface area contributed by atoms with Crippen LogP contribution in [0.25, 0.3) is 0 Å². The number of halogens is 3. The quantitative estimate of drug-likeness (QED) is 0.554. The highest BCUT2D eigenvalue weighted by Crippen LogP contribution is 2.27. The smallest absolute Gasteiger partial charge is 0.254 e. The third-order valence-electron chi connectivity index (χ3n) is 4.39. The maximum Gasteiger partial charge on any atom is 0.254 e. The van der Waals surface area contributed by atoms with Crippen LogP contribution < -0.4 is 20.3 Å². The van der Waals surface area contributed by atoms with Crippen LogP contribution >= 0.6 is 0 Å². The van der Waals surface area contributed by atoms with Gasteiger partial charge in [-0.2, -0.15) is 9.49 Å². The van der Waals surface area contributed by atoms with Crippen molar-refractivity contribution in [3.8, 4) is 5.75 Å². The Balaban J connectivity index is 1.55. The number of aromatic nitrogens is 2. The monoisotopic (exact) mass is 395 g/mol. The number of carbonyl (C=O) groups excluding carboxylic acids is 1. The van der Waals surface area contributed by atoms with E-state index in [2.05, 4.69) is 30.5 Å². The van der Waals surface area contributed by atoms with Gasteiger partial charge >= 0.3 is 0 Å². The molecule has 1 aromatic carbocycles. The number of ether oxygens (including phenoxy) is 1. The SMILES string of the molecule is COc1c(F)c(F)cc(C(=O)NCCNc2cc(N3CCCC3)cnn2)c1F. The van der Waals surface area contributed by atoms with Crippen molar-refractivity contribution >= 4 is 17.4 Å². The average molecular weight is 395 g/mol. The van der Waals surface area contributed by atoms with Gasteiger partial charge in [-0.3, -0.25) is 4.79 Å². The van der Waals surface area contributed by atoms with Crippen molar-refractivity contribution in [2.75, 3.05) is 43.5 Å². The highest BCUT2D eigenvalue weighted by molar-refractivity contribution is 5.95. The minimum atomic E-state index is -1.48. The molecular formula is C18H20F3N5O2. The van der Waals surface area contributed by atoms with E-state index < -0.39 is 34.7 Å². The summed E-state index contributed by atoms with van der Waals surface area (Å²) >= 11 is 0. The molecule has 1 saturated heterocycles. The summed E-state index contributed by atoms with van der Waals surface area (Å²) in [5, 5.41) is 13.4. The standard InChI is InChI=1S/C18H20F3N5O2/c1-28-17-15(20)12(9-13(19)16(17)21)18(27)23-5-4-22-14-8-11(10-24-25-14)26-6-2-3-7-26/h8-10H,2-7H2,1H3,(H,22,25)(H,23,27). The van der Waals surface area contributed by atoms with Crippen molar-refractivity contribution in [3.05, 3.63) is 41.3 Å². The molecule has 1 amide bonds. The molecule has 10 heteroatoms. The van der Waals surface area contributed by atoms with Crippen LogP contribution in [0.5, 0.6) is 5.75 Å². The van der Waals surface area contributed by atoms with Crippen molar-refractivity contribution in [2.45, 2.75) is 12.8 Å². The van der Waals surface area contributed by atoms with Crippen molar-refractivity contribution in [1.82, 2.24) is 15.5 Å². The Bertz CT molecular complexity index is 859. The van der Waals surface area contributed by atoms with Crippen molar-refractivity contribution in [2.24, 2.45) is 0 Å². The number of anilines is 2. The van der Waals surface area contributed by atoms with E-state index in [-0.39, 0.29) is 13.1 Å². The third kappa shape index (κ3) is 4.26. The van der Waals surface area contributed by atoms with Crippen LogP contribution in [0, 0.1) is 17.5 Å². The summed E-state index contributed by atoms with van der Waals surface area (Å²) in [5.41, 5.74) is 0.335. The lowest BCUT2D eigenvalue weighted by atomic mass is 10.1. The molecule has 2 aromatic rings. The topological polar surface area (TPSA) is 79.4 Å². The first kappa shape index (κ1) is 19.7. The Hall–Kier alpha value is -3.04. The molecule has 0 atom stereocenters. The molecule has 2 N–H and O–H groups in total. The highest BCUT2D eigenvalue weighted by atomic mass is 19.2. The fourth-order valence-corrected chi connectivity index (χ4v) is 2.98. The van der Waals surface area contributed by atoms with Crippen LogP contribution in [0.15, 0.2) is 18.3 Å².